The van der Waals surface area contributed by atoms with Crippen molar-refractivity contribution in [3.63, 3.8) is 0 Å². The van der Waals surface area contributed by atoms with Crippen molar-refractivity contribution in [1.29, 1.82) is 0 Å². The Morgan fingerprint density at radius 1 is 0.960 bits per heavy atom. The molecule has 2 aliphatic heterocycles. The molecule has 264 valence electrons. The number of carboxylic acid groups (broad SMARTS) is 1. The summed E-state index contributed by atoms with van der Waals surface area (Å²) in [6, 6.07) is 21.2. The molecule has 3 aromatic rings. The van der Waals surface area contributed by atoms with Crippen LogP contribution in [0, 0.1) is 12.7 Å². The highest BCUT2D eigenvalue weighted by atomic mass is 79.9. The summed E-state index contributed by atoms with van der Waals surface area (Å²) in [6.45, 7) is 4.05. The minimum Gasteiger partial charge on any atom is -0.492 e. The smallest absolute Gasteiger partial charge is 0.303 e. The highest BCUT2D eigenvalue weighted by Gasteiger charge is 2.43. The number of fused-ring (bicyclic) bond motifs is 2. The molecule has 2 bridgehead atoms. The van der Waals surface area contributed by atoms with Crippen LogP contribution >= 0.6 is 15.9 Å². The van der Waals surface area contributed by atoms with Crippen molar-refractivity contribution in [2.45, 2.75) is 82.8 Å². The van der Waals surface area contributed by atoms with E-state index in [2.05, 4.69) is 81.6 Å². The largest absolute Gasteiger partial charge is 0.492 e. The summed E-state index contributed by atoms with van der Waals surface area (Å²) < 4.78 is 20.1. The zero-order chi connectivity index (χ0) is 35.2. The SMILES string of the molecule is Cc1ccc(CCN(C(=O)C2=C(c3ccc(CCCOc4cc(F)ccc4Br)cc3)C[C@@H]3CN(C(=O)CCCC(=O)O)C[C@H]2N3)C2CC2)cc1. The van der Waals surface area contributed by atoms with Crippen molar-refractivity contribution < 1.29 is 28.6 Å². The van der Waals surface area contributed by atoms with Gasteiger partial charge in [0.2, 0.25) is 5.91 Å². The zero-order valence-electron chi connectivity index (χ0n) is 28.5. The van der Waals surface area contributed by atoms with Crippen LogP contribution in [0.1, 0.15) is 67.2 Å². The van der Waals surface area contributed by atoms with Crippen LogP contribution < -0.4 is 10.1 Å². The van der Waals surface area contributed by atoms with E-state index in [0.717, 1.165) is 58.8 Å². The molecule has 8 nitrogen and oxygen atoms in total. The molecule has 3 aromatic carbocycles. The Morgan fingerprint density at radius 2 is 1.68 bits per heavy atom. The third kappa shape index (κ3) is 9.20. The molecule has 0 spiro atoms. The Morgan fingerprint density at radius 3 is 2.40 bits per heavy atom. The number of halogens is 2. The maximum atomic E-state index is 14.7. The number of piperazine rings is 1. The number of amides is 2. The average Bonchev–Trinajstić information content (AvgIpc) is 3.94. The van der Waals surface area contributed by atoms with Crippen molar-refractivity contribution in [1.82, 2.24) is 15.1 Å². The predicted molar refractivity (Wildman–Crippen MR) is 194 cm³/mol. The van der Waals surface area contributed by atoms with Crippen LogP contribution in [-0.2, 0) is 27.2 Å². The molecule has 0 unspecified atom stereocenters. The summed E-state index contributed by atoms with van der Waals surface area (Å²) in [6.07, 6.45) is 5.37. The molecule has 2 heterocycles. The summed E-state index contributed by atoms with van der Waals surface area (Å²) in [5.74, 6) is -0.780. The van der Waals surface area contributed by atoms with Gasteiger partial charge >= 0.3 is 5.97 Å². The highest BCUT2D eigenvalue weighted by molar-refractivity contribution is 9.10. The Kier molecular flexibility index (Phi) is 11.7. The first-order chi connectivity index (χ1) is 24.1. The van der Waals surface area contributed by atoms with Gasteiger partial charge in [-0.2, -0.15) is 0 Å². The predicted octanol–water partition coefficient (Wildman–Crippen LogP) is 6.72. The second-order valence-electron chi connectivity index (χ2n) is 13.7. The van der Waals surface area contributed by atoms with Crippen molar-refractivity contribution >= 4 is 39.3 Å². The molecule has 1 saturated heterocycles. The molecule has 2 atom stereocenters. The van der Waals surface area contributed by atoms with E-state index in [1.165, 1.54) is 23.3 Å². The molecular weight excluding hydrogens is 701 g/mol. The van der Waals surface area contributed by atoms with E-state index >= 15 is 0 Å². The van der Waals surface area contributed by atoms with Crippen molar-refractivity contribution in [3.8, 4) is 5.75 Å². The van der Waals surface area contributed by atoms with E-state index in [4.69, 9.17) is 9.84 Å². The van der Waals surface area contributed by atoms with Crippen LogP contribution in [0.25, 0.3) is 5.57 Å². The quantitative estimate of drug-likeness (QED) is 0.168. The summed E-state index contributed by atoms with van der Waals surface area (Å²) in [7, 11) is 0. The first-order valence-electron chi connectivity index (χ1n) is 17.7. The Hall–Kier alpha value is -4.02. The Labute approximate surface area is 301 Å². The van der Waals surface area contributed by atoms with Gasteiger partial charge in [-0.25, -0.2) is 4.39 Å². The van der Waals surface area contributed by atoms with Gasteiger partial charge in [-0.05, 0) is 102 Å². The number of carbonyl (C=O) groups is 3. The van der Waals surface area contributed by atoms with E-state index in [1.54, 1.807) is 6.07 Å². The van der Waals surface area contributed by atoms with Gasteiger partial charge in [0.25, 0.3) is 5.91 Å². The topological polar surface area (TPSA) is 99.2 Å². The Bertz CT molecular complexity index is 1720. The fraction of sp³-hybridized carbons (Fsp3) is 0.425. The number of aliphatic carboxylic acids is 1. The molecule has 0 radical (unpaired) electrons. The molecule has 6 rings (SSSR count). The molecule has 2 N–H and O–H groups in total. The summed E-state index contributed by atoms with van der Waals surface area (Å²) in [5, 5.41) is 12.7. The van der Waals surface area contributed by atoms with Gasteiger partial charge < -0.3 is 25.0 Å². The molecule has 1 aliphatic carbocycles. The molecule has 2 amide bonds. The van der Waals surface area contributed by atoms with Crippen molar-refractivity contribution in [2.75, 3.05) is 26.2 Å². The van der Waals surface area contributed by atoms with E-state index in [1.807, 2.05) is 4.90 Å². The average molecular weight is 747 g/mol. The molecule has 10 heteroatoms. The second kappa shape index (κ2) is 16.3. The number of hydrogen-bond acceptors (Lipinski definition) is 5. The number of aryl methyl sites for hydroxylation is 2. The number of hydrogen-bond donors (Lipinski definition) is 2. The van der Waals surface area contributed by atoms with Gasteiger partial charge in [0.05, 0.1) is 17.1 Å². The number of ether oxygens (including phenoxy) is 1. The summed E-state index contributed by atoms with van der Waals surface area (Å²) in [4.78, 5) is 42.8. The molecule has 0 aromatic heterocycles. The number of carbonyl (C=O) groups excluding carboxylic acids is 2. The third-order valence-electron chi connectivity index (χ3n) is 9.84. The standard InChI is InChI=1S/C40H45BrFN3O5/c1-26-7-9-28(10-8-26)19-20-45(32-16-17-32)40(49)39-33(23-31-24-44(25-35(39)43-31)37(46)5-2-6-38(47)48)29-13-11-27(12-14-29)4-3-21-50-36-22-30(42)15-18-34(36)41/h7-15,18,22,31-32,35,43H,2-6,16-17,19-21,23-25H2,1H3,(H,47,48)/t31-,35-/m1/s1. The van der Waals surface area contributed by atoms with E-state index in [0.29, 0.717) is 44.8 Å². The Balaban J connectivity index is 1.20. The summed E-state index contributed by atoms with van der Waals surface area (Å²) >= 11 is 3.41. The van der Waals surface area contributed by atoms with Gasteiger partial charge in [-0.15, -0.1) is 0 Å². The normalized spacial score (nSPS) is 18.6. The van der Waals surface area contributed by atoms with Gasteiger partial charge in [0.15, 0.2) is 0 Å². The lowest BCUT2D eigenvalue weighted by Gasteiger charge is -2.45. The number of rotatable bonds is 15. The van der Waals surface area contributed by atoms with Gasteiger partial charge in [-0.3, -0.25) is 14.4 Å². The van der Waals surface area contributed by atoms with Gasteiger partial charge in [0, 0.05) is 56.2 Å². The first-order valence-corrected chi connectivity index (χ1v) is 18.5. The van der Waals surface area contributed by atoms with Crippen LogP contribution in [0.4, 0.5) is 4.39 Å². The molecule has 3 aliphatic rings. The maximum absolute atomic E-state index is 14.7. The van der Waals surface area contributed by atoms with Crippen LogP contribution in [0.15, 0.2) is 76.8 Å². The van der Waals surface area contributed by atoms with Crippen molar-refractivity contribution in [2.24, 2.45) is 0 Å². The second-order valence-corrected chi connectivity index (χ2v) is 14.6. The maximum Gasteiger partial charge on any atom is 0.303 e. The van der Waals surface area contributed by atoms with Crippen molar-refractivity contribution in [3.05, 3.63) is 105 Å². The van der Waals surface area contributed by atoms with E-state index < -0.39 is 5.97 Å². The number of carboxylic acids is 1. The van der Waals surface area contributed by atoms with Crippen LogP contribution in [-0.4, -0.2) is 77.1 Å². The molecule has 1 saturated carbocycles. The highest BCUT2D eigenvalue weighted by Crippen LogP contribution is 2.37. The zero-order valence-corrected chi connectivity index (χ0v) is 30.1. The van der Waals surface area contributed by atoms with Gasteiger partial charge in [-0.1, -0.05) is 54.1 Å². The lowest BCUT2D eigenvalue weighted by Crippen LogP contribution is -2.62. The minimum atomic E-state index is -0.905. The number of benzene rings is 3. The molecule has 50 heavy (non-hydrogen) atoms. The van der Waals surface area contributed by atoms with E-state index in [9.17, 15) is 18.8 Å². The molecular formula is C40H45BrFN3O5. The van der Waals surface area contributed by atoms with E-state index in [-0.39, 0.29) is 48.6 Å². The monoisotopic (exact) mass is 745 g/mol. The number of nitrogens with one attached hydrogen (secondary N) is 1. The van der Waals surface area contributed by atoms with Crippen LogP contribution in [0.5, 0.6) is 5.75 Å². The fourth-order valence-electron chi connectivity index (χ4n) is 7.03. The fourth-order valence-corrected chi connectivity index (χ4v) is 7.39. The van der Waals surface area contributed by atoms with Gasteiger partial charge in [0.1, 0.15) is 11.6 Å². The first kappa shape index (κ1) is 35.8. The lowest BCUT2D eigenvalue weighted by molar-refractivity contribution is -0.138. The minimum absolute atomic E-state index is 0.00960. The summed E-state index contributed by atoms with van der Waals surface area (Å²) in [5.41, 5.74) is 6.34. The van der Waals surface area contributed by atoms with Crippen LogP contribution in [0.2, 0.25) is 0 Å². The third-order valence-corrected chi connectivity index (χ3v) is 10.5. The molecule has 2 fully saturated rings. The lowest BCUT2D eigenvalue weighted by atomic mass is 9.82. The van der Waals surface area contributed by atoms with Crippen LogP contribution in [0.3, 0.4) is 0 Å². The number of nitrogens with zero attached hydrogens (tertiary/aromatic N) is 2.